The molecule has 1 heterocycles. The van der Waals surface area contributed by atoms with Crippen LogP contribution in [0, 0.1) is 0 Å². The van der Waals surface area contributed by atoms with Gasteiger partial charge in [-0.2, -0.15) is 0 Å². The summed E-state index contributed by atoms with van der Waals surface area (Å²) in [6.45, 7) is 2.34. The Labute approximate surface area is 128 Å². The first-order valence-corrected chi connectivity index (χ1v) is 6.63. The van der Waals surface area contributed by atoms with Gasteiger partial charge >= 0.3 is 11.9 Å². The van der Waals surface area contributed by atoms with Crippen LogP contribution in [-0.4, -0.2) is 53.2 Å². The van der Waals surface area contributed by atoms with E-state index in [9.17, 15) is 9.59 Å². The number of carboxylic acid groups (broad SMARTS) is 2. The number of nitrogens with zero attached hydrogens (tertiary/aromatic N) is 1. The van der Waals surface area contributed by atoms with Gasteiger partial charge in [0.15, 0.2) is 0 Å². The molecule has 0 aromatic carbocycles. The molecule has 1 rings (SSSR count). The van der Waals surface area contributed by atoms with E-state index in [1.54, 1.807) is 6.92 Å². The van der Waals surface area contributed by atoms with Crippen LogP contribution in [0.5, 0.6) is 0 Å². The van der Waals surface area contributed by atoms with Gasteiger partial charge < -0.3 is 38.5 Å². The maximum absolute atomic E-state index is 10.3. The fraction of sp³-hybridized carbons (Fsp3) is 0.583. The number of amidine groups is 1. The van der Waals surface area contributed by atoms with Crippen LogP contribution >= 0.6 is 0 Å². The van der Waals surface area contributed by atoms with Gasteiger partial charge in [0.2, 0.25) is 0 Å². The summed E-state index contributed by atoms with van der Waals surface area (Å²) in [7, 11) is 0. The molecule has 10 heteroatoms. The Balaban J connectivity index is 0.000000461. The van der Waals surface area contributed by atoms with Gasteiger partial charge in [-0.25, -0.2) is 0 Å². The molecule has 2 unspecified atom stereocenters. The molecule has 1 aliphatic heterocycles. The second-order valence-corrected chi connectivity index (χ2v) is 4.74. The van der Waals surface area contributed by atoms with Gasteiger partial charge in [-0.05, 0) is 26.3 Å². The molecular weight excluding hydrogens is 292 g/mol. The van der Waals surface area contributed by atoms with Crippen molar-refractivity contribution in [1.82, 2.24) is 5.32 Å². The van der Waals surface area contributed by atoms with Crippen molar-refractivity contribution in [3.63, 3.8) is 0 Å². The number of rotatable bonds is 5. The normalized spacial score (nSPS) is 18.8. The molecule has 0 amide bonds. The van der Waals surface area contributed by atoms with Crippen LogP contribution in [0.15, 0.2) is 16.4 Å². The highest BCUT2D eigenvalue weighted by Crippen LogP contribution is 2.03. The molecule has 126 valence electrons. The van der Waals surface area contributed by atoms with Gasteiger partial charge in [0.05, 0.1) is 6.54 Å². The monoisotopic (exact) mass is 316 g/mol. The van der Waals surface area contributed by atoms with Gasteiger partial charge in [0, 0.05) is 5.57 Å². The molecule has 1 fully saturated rings. The highest BCUT2D eigenvalue weighted by Gasteiger charge is 2.20. The Bertz CT molecular complexity index is 453. The third kappa shape index (κ3) is 7.45. The van der Waals surface area contributed by atoms with Crippen molar-refractivity contribution >= 4 is 17.8 Å². The minimum absolute atomic E-state index is 0.0511. The Kier molecular flexibility index (Phi) is 8.56. The lowest BCUT2D eigenvalue weighted by molar-refractivity contribution is -0.139. The van der Waals surface area contributed by atoms with Crippen LogP contribution in [0.25, 0.3) is 0 Å². The SMILES string of the molecule is CC(C(N)=NCC(N)C(=O)O)=C(N)N.O=C(O)C1CCCN1. The van der Waals surface area contributed by atoms with E-state index in [0.717, 1.165) is 19.4 Å². The van der Waals surface area contributed by atoms with E-state index in [1.165, 1.54) is 0 Å². The minimum atomic E-state index is -1.14. The highest BCUT2D eigenvalue weighted by molar-refractivity contribution is 5.97. The molecule has 1 saturated heterocycles. The van der Waals surface area contributed by atoms with E-state index in [0.29, 0.717) is 5.57 Å². The second-order valence-electron chi connectivity index (χ2n) is 4.74. The number of nitrogens with one attached hydrogen (secondary N) is 1. The number of hydrogen-bond acceptors (Lipinski definition) is 7. The van der Waals surface area contributed by atoms with Crippen LogP contribution in [0.1, 0.15) is 19.8 Å². The summed E-state index contributed by atoms with van der Waals surface area (Å²) in [4.78, 5) is 24.2. The zero-order valence-electron chi connectivity index (χ0n) is 12.5. The number of carboxylic acids is 2. The van der Waals surface area contributed by atoms with Gasteiger partial charge in [-0.3, -0.25) is 14.6 Å². The largest absolute Gasteiger partial charge is 0.480 e. The van der Waals surface area contributed by atoms with Crippen molar-refractivity contribution in [3.05, 3.63) is 11.4 Å². The van der Waals surface area contributed by atoms with Crippen molar-refractivity contribution in [1.29, 1.82) is 0 Å². The Morgan fingerprint density at radius 3 is 2.23 bits per heavy atom. The summed E-state index contributed by atoms with van der Waals surface area (Å²) < 4.78 is 0. The molecule has 22 heavy (non-hydrogen) atoms. The Morgan fingerprint density at radius 1 is 1.32 bits per heavy atom. The van der Waals surface area contributed by atoms with Crippen LogP contribution in [0.2, 0.25) is 0 Å². The molecular formula is C12H24N6O4. The predicted molar refractivity (Wildman–Crippen MR) is 81.8 cm³/mol. The molecule has 0 aromatic heterocycles. The van der Waals surface area contributed by atoms with E-state index >= 15 is 0 Å². The average Bonchev–Trinajstić information content (AvgIpc) is 2.98. The summed E-state index contributed by atoms with van der Waals surface area (Å²) in [5, 5.41) is 19.7. The van der Waals surface area contributed by atoms with Gasteiger partial charge in [0.1, 0.15) is 23.7 Å². The van der Waals surface area contributed by atoms with E-state index < -0.39 is 18.0 Å². The quantitative estimate of drug-likeness (QED) is 0.215. The first-order chi connectivity index (χ1) is 10.2. The van der Waals surface area contributed by atoms with Crippen LogP contribution in [0.4, 0.5) is 0 Å². The highest BCUT2D eigenvalue weighted by atomic mass is 16.4. The molecule has 10 nitrogen and oxygen atoms in total. The molecule has 0 spiro atoms. The van der Waals surface area contributed by atoms with Gasteiger partial charge in [0.25, 0.3) is 0 Å². The van der Waals surface area contributed by atoms with E-state index in [4.69, 9.17) is 33.1 Å². The third-order valence-electron chi connectivity index (χ3n) is 2.95. The van der Waals surface area contributed by atoms with Crippen molar-refractivity contribution in [2.45, 2.75) is 31.8 Å². The third-order valence-corrected chi connectivity index (χ3v) is 2.95. The molecule has 0 aliphatic carbocycles. The van der Waals surface area contributed by atoms with Crippen molar-refractivity contribution in [3.8, 4) is 0 Å². The number of carbonyl (C=O) groups is 2. The molecule has 2 atom stereocenters. The van der Waals surface area contributed by atoms with E-state index in [-0.39, 0.29) is 24.2 Å². The molecule has 0 saturated carbocycles. The second kappa shape index (κ2) is 9.58. The lowest BCUT2D eigenvalue weighted by Crippen LogP contribution is -2.34. The number of nitrogens with two attached hydrogens (primary N) is 4. The molecule has 0 radical (unpaired) electrons. The maximum atomic E-state index is 10.3. The Morgan fingerprint density at radius 2 is 1.91 bits per heavy atom. The summed E-state index contributed by atoms with van der Waals surface area (Å²) in [6.07, 6.45) is 1.78. The van der Waals surface area contributed by atoms with Crippen molar-refractivity contribution < 1.29 is 19.8 Å². The fourth-order valence-electron chi connectivity index (χ4n) is 1.44. The summed E-state index contributed by atoms with van der Waals surface area (Å²) >= 11 is 0. The standard InChI is InChI=1S/C7H15N5O2.C5H9NO2/c1-3(5(9)10)6(11)12-2-4(8)7(13)14;7-5(8)4-2-1-3-6-4/h4H,2,8-10H2,1H3,(H2,11,12)(H,13,14);4,6H,1-3H2,(H,7,8). The molecule has 0 aromatic rings. The topological polar surface area (TPSA) is 203 Å². The van der Waals surface area contributed by atoms with Crippen molar-refractivity contribution in [2.75, 3.05) is 13.1 Å². The zero-order chi connectivity index (χ0) is 17.3. The minimum Gasteiger partial charge on any atom is -0.480 e. The summed E-state index contributed by atoms with van der Waals surface area (Å²) in [6, 6.07) is -1.34. The zero-order valence-corrected chi connectivity index (χ0v) is 12.5. The smallest absolute Gasteiger partial charge is 0.322 e. The van der Waals surface area contributed by atoms with Crippen LogP contribution in [-0.2, 0) is 9.59 Å². The molecule has 1 aliphatic rings. The van der Waals surface area contributed by atoms with E-state index in [1.807, 2.05) is 0 Å². The number of aliphatic carboxylic acids is 2. The van der Waals surface area contributed by atoms with E-state index in [2.05, 4.69) is 10.3 Å². The van der Waals surface area contributed by atoms with Gasteiger partial charge in [-0.15, -0.1) is 0 Å². The van der Waals surface area contributed by atoms with Gasteiger partial charge in [-0.1, -0.05) is 0 Å². The summed E-state index contributed by atoms with van der Waals surface area (Å²) in [5.41, 5.74) is 21.6. The Hall–Kier alpha value is -2.33. The van der Waals surface area contributed by atoms with Crippen molar-refractivity contribution in [2.24, 2.45) is 27.9 Å². The molecule has 11 N–H and O–H groups in total. The lowest BCUT2D eigenvalue weighted by Gasteiger charge is -2.05. The summed E-state index contributed by atoms with van der Waals surface area (Å²) in [5.74, 6) is -1.71. The number of aliphatic imine (C=N–C) groups is 1. The van der Waals surface area contributed by atoms with Crippen LogP contribution in [0.3, 0.4) is 0 Å². The fourth-order valence-corrected chi connectivity index (χ4v) is 1.44. The average molecular weight is 316 g/mol. The van der Waals surface area contributed by atoms with Crippen LogP contribution < -0.4 is 28.3 Å². The first kappa shape index (κ1) is 19.7. The number of hydrogen-bond donors (Lipinski definition) is 7. The lowest BCUT2D eigenvalue weighted by atomic mass is 10.2. The maximum Gasteiger partial charge on any atom is 0.322 e. The first-order valence-electron chi connectivity index (χ1n) is 6.63. The predicted octanol–water partition coefficient (Wildman–Crippen LogP) is -2.27. The molecule has 0 bridgehead atoms.